The summed E-state index contributed by atoms with van der Waals surface area (Å²) in [6.07, 6.45) is 4.44. The van der Waals surface area contributed by atoms with E-state index in [0.29, 0.717) is 26.2 Å². The maximum Gasteiger partial charge on any atom is 0.410 e. The molecule has 1 aromatic heterocycles. The molecule has 0 spiro atoms. The van der Waals surface area contributed by atoms with E-state index in [0.717, 1.165) is 45.9 Å². The lowest BCUT2D eigenvalue weighted by atomic mass is 10.2. The molecule has 1 N–H and O–H groups in total. The van der Waals surface area contributed by atoms with Gasteiger partial charge >= 0.3 is 6.09 Å². The molecule has 1 amide bonds. The summed E-state index contributed by atoms with van der Waals surface area (Å²) in [4.78, 5) is 26.0. The topological polar surface area (TPSA) is 70.6 Å². The second-order valence-corrected chi connectivity index (χ2v) is 8.74. The van der Waals surface area contributed by atoms with Crippen molar-refractivity contribution in [2.75, 3.05) is 42.9 Å². The smallest absolute Gasteiger partial charge is 0.410 e. The van der Waals surface area contributed by atoms with Crippen molar-refractivity contribution in [3.8, 4) is 0 Å². The molecule has 0 radical (unpaired) electrons. The molecule has 0 aromatic carbocycles. The zero-order chi connectivity index (χ0) is 21.2. The molecule has 29 heavy (non-hydrogen) atoms. The van der Waals surface area contributed by atoms with Gasteiger partial charge in [-0.1, -0.05) is 23.3 Å². The summed E-state index contributed by atoms with van der Waals surface area (Å²) >= 11 is 6.36. The number of aromatic nitrogens is 2. The number of fused-ring (bicyclic) bond motifs is 1. The van der Waals surface area contributed by atoms with E-state index in [1.807, 2.05) is 40.7 Å². The molecule has 8 heteroatoms. The van der Waals surface area contributed by atoms with Crippen LogP contribution in [0, 0.1) is 0 Å². The minimum absolute atomic E-state index is 0.267. The Hall–Kier alpha value is -2.28. The molecule has 1 aliphatic carbocycles. The first-order valence-electron chi connectivity index (χ1n) is 10.1. The number of halogens is 1. The zero-order valence-electron chi connectivity index (χ0n) is 17.9. The monoisotopic (exact) mass is 419 g/mol. The van der Waals surface area contributed by atoms with Crippen molar-refractivity contribution in [1.82, 2.24) is 14.9 Å². The Morgan fingerprint density at radius 2 is 1.90 bits per heavy atom. The fraction of sp³-hybridized carbons (Fsp3) is 0.571. The van der Waals surface area contributed by atoms with Crippen LogP contribution in [0.15, 0.2) is 10.6 Å². The van der Waals surface area contributed by atoms with Gasteiger partial charge in [0.2, 0.25) is 0 Å². The van der Waals surface area contributed by atoms with Crippen LogP contribution < -0.4 is 20.9 Å². The molecule has 0 saturated carbocycles. The van der Waals surface area contributed by atoms with Gasteiger partial charge in [0.15, 0.2) is 11.6 Å². The predicted molar refractivity (Wildman–Crippen MR) is 118 cm³/mol. The van der Waals surface area contributed by atoms with Gasteiger partial charge < -0.3 is 19.9 Å². The summed E-state index contributed by atoms with van der Waals surface area (Å²) in [6.45, 7) is 12.9. The van der Waals surface area contributed by atoms with Crippen LogP contribution in [0.4, 0.5) is 16.4 Å². The number of ether oxygens (including phenoxy) is 1. The van der Waals surface area contributed by atoms with E-state index >= 15 is 0 Å². The summed E-state index contributed by atoms with van der Waals surface area (Å²) in [5.74, 6) is 1.56. The molecule has 0 unspecified atom stereocenters. The Balaban J connectivity index is 1.84. The summed E-state index contributed by atoms with van der Waals surface area (Å²) in [7, 11) is 0. The number of amides is 1. The summed E-state index contributed by atoms with van der Waals surface area (Å²) in [5, 5.41) is 5.66. The Bertz CT molecular complexity index is 928. The minimum atomic E-state index is -0.491. The van der Waals surface area contributed by atoms with Crippen molar-refractivity contribution < 1.29 is 9.53 Å². The van der Waals surface area contributed by atoms with Gasteiger partial charge in [-0.15, -0.1) is 0 Å². The molecule has 0 atom stereocenters. The van der Waals surface area contributed by atoms with E-state index < -0.39 is 5.60 Å². The molecule has 0 bridgehead atoms. The number of carbonyl (C=O) groups excluding carboxylic acids is 1. The van der Waals surface area contributed by atoms with E-state index in [1.54, 1.807) is 4.90 Å². The first-order chi connectivity index (χ1) is 13.7. The molecule has 1 aliphatic heterocycles. The van der Waals surface area contributed by atoms with E-state index in [2.05, 4.69) is 16.3 Å². The van der Waals surface area contributed by atoms with Crippen molar-refractivity contribution in [3.63, 3.8) is 0 Å². The van der Waals surface area contributed by atoms with Crippen LogP contribution in [-0.4, -0.2) is 59.3 Å². The summed E-state index contributed by atoms with van der Waals surface area (Å²) in [6, 6.07) is 0. The number of piperazine rings is 1. The van der Waals surface area contributed by atoms with E-state index in [4.69, 9.17) is 26.3 Å². The van der Waals surface area contributed by atoms with Crippen LogP contribution >= 0.6 is 11.6 Å². The quantitative estimate of drug-likeness (QED) is 0.811. The van der Waals surface area contributed by atoms with Crippen LogP contribution in [0.5, 0.6) is 0 Å². The lowest BCUT2D eigenvalue weighted by Crippen LogP contribution is -2.51. The van der Waals surface area contributed by atoms with E-state index in [-0.39, 0.29) is 6.09 Å². The Labute approximate surface area is 177 Å². The number of anilines is 2. The van der Waals surface area contributed by atoms with E-state index in [1.165, 1.54) is 0 Å². The first-order valence-corrected chi connectivity index (χ1v) is 10.5. The van der Waals surface area contributed by atoms with Crippen LogP contribution in [0.1, 0.15) is 41.0 Å². The Kier molecular flexibility index (Phi) is 6.36. The number of nitrogens with one attached hydrogen (secondary N) is 1. The number of hydrogen-bond donors (Lipinski definition) is 1. The molecule has 2 heterocycles. The Morgan fingerprint density at radius 1 is 1.21 bits per heavy atom. The normalized spacial score (nSPS) is 17.2. The summed E-state index contributed by atoms with van der Waals surface area (Å²) < 4.78 is 5.49. The van der Waals surface area contributed by atoms with Crippen LogP contribution in [0.2, 0.25) is 0 Å². The van der Waals surface area contributed by atoms with Crippen molar-refractivity contribution in [3.05, 3.63) is 21.3 Å². The van der Waals surface area contributed by atoms with Crippen molar-refractivity contribution in [2.24, 2.45) is 0 Å². The average molecular weight is 420 g/mol. The third-order valence-corrected chi connectivity index (χ3v) is 5.21. The highest BCUT2D eigenvalue weighted by Gasteiger charge is 2.27. The van der Waals surface area contributed by atoms with Crippen molar-refractivity contribution in [1.29, 1.82) is 0 Å². The fourth-order valence-electron chi connectivity index (χ4n) is 3.23. The lowest BCUT2D eigenvalue weighted by molar-refractivity contribution is 0.0240. The van der Waals surface area contributed by atoms with Gasteiger partial charge in [-0.25, -0.2) is 14.8 Å². The Morgan fingerprint density at radius 3 is 2.52 bits per heavy atom. The van der Waals surface area contributed by atoms with Crippen molar-refractivity contribution >= 4 is 41.5 Å². The average Bonchev–Trinajstić information content (AvgIpc) is 2.79. The van der Waals surface area contributed by atoms with E-state index in [9.17, 15) is 4.79 Å². The second kappa shape index (κ2) is 8.61. The van der Waals surface area contributed by atoms with Gasteiger partial charge in [-0.05, 0) is 47.1 Å². The molecule has 158 valence electrons. The maximum atomic E-state index is 12.3. The highest BCUT2D eigenvalue weighted by atomic mass is 35.5. The number of allylic oxidation sites excluding steroid dienone is 2. The first kappa shape index (κ1) is 21.4. The second-order valence-electron chi connectivity index (χ2n) is 8.33. The lowest BCUT2D eigenvalue weighted by Gasteiger charge is -2.36. The van der Waals surface area contributed by atoms with Gasteiger partial charge in [-0.3, -0.25) is 0 Å². The minimum Gasteiger partial charge on any atom is -0.444 e. The maximum absolute atomic E-state index is 12.3. The molecule has 3 rings (SSSR count). The highest BCUT2D eigenvalue weighted by Crippen LogP contribution is 2.22. The van der Waals surface area contributed by atoms with Gasteiger partial charge in [-0.2, -0.15) is 0 Å². The molecule has 1 aromatic rings. The molecule has 1 fully saturated rings. The molecule has 2 aliphatic rings. The standard InChI is InChI=1S/C21H30ClN5O2/c1-6-23-18-19(25-16-8-7-14(2)15(22)13-17(16)24-18)26-9-11-27(12-10-26)20(28)29-21(3,4)5/h8,13H,6-7,9-12H2,1-5H3,(H,23,24). The predicted octanol–water partition coefficient (Wildman–Crippen LogP) is 2.44. The van der Waals surface area contributed by atoms with Crippen LogP contribution in [0.25, 0.3) is 12.2 Å². The third kappa shape index (κ3) is 5.21. The molecule has 7 nitrogen and oxygen atoms in total. The number of rotatable bonds is 3. The van der Waals surface area contributed by atoms with Gasteiger partial charge in [0, 0.05) is 37.8 Å². The number of hydrogen-bond acceptors (Lipinski definition) is 6. The van der Waals surface area contributed by atoms with Gasteiger partial charge in [0.05, 0.1) is 10.7 Å². The van der Waals surface area contributed by atoms with Crippen molar-refractivity contribution in [2.45, 2.75) is 46.6 Å². The molecular formula is C21H30ClN5O2. The molecule has 1 saturated heterocycles. The zero-order valence-corrected chi connectivity index (χ0v) is 18.6. The van der Waals surface area contributed by atoms with Crippen LogP contribution in [0.3, 0.4) is 0 Å². The summed E-state index contributed by atoms with van der Waals surface area (Å²) in [5.41, 5.74) is 0.610. The highest BCUT2D eigenvalue weighted by molar-refractivity contribution is 6.34. The molecular weight excluding hydrogens is 390 g/mol. The van der Waals surface area contributed by atoms with Gasteiger partial charge in [0.1, 0.15) is 5.60 Å². The third-order valence-electron chi connectivity index (χ3n) is 4.78. The van der Waals surface area contributed by atoms with Crippen LogP contribution in [-0.2, 0) is 4.74 Å². The van der Waals surface area contributed by atoms with Gasteiger partial charge in [0.25, 0.3) is 0 Å². The number of nitrogens with zero attached hydrogens (tertiary/aromatic N) is 4. The number of carbonyl (C=O) groups is 1. The fourth-order valence-corrected chi connectivity index (χ4v) is 3.41. The largest absolute Gasteiger partial charge is 0.444 e. The SMILES string of the molecule is CCNc1nc2c(nc1N1CCN(C(=O)OC(C)(C)C)CC1)=CCC(C)=C(Cl)C=2.